The van der Waals surface area contributed by atoms with Crippen molar-refractivity contribution in [3.05, 3.63) is 29.9 Å². The number of imidazole rings is 1. The molecule has 0 aliphatic heterocycles. The lowest BCUT2D eigenvalue weighted by atomic mass is 10.3. The Balaban J connectivity index is 2.34. The summed E-state index contributed by atoms with van der Waals surface area (Å²) in [5, 5.41) is 8.46. The molecule has 0 aliphatic carbocycles. The fourth-order valence-electron chi connectivity index (χ4n) is 2.71. The molecule has 0 aliphatic rings. The van der Waals surface area contributed by atoms with E-state index < -0.39 is 0 Å². The van der Waals surface area contributed by atoms with Gasteiger partial charge in [0.05, 0.1) is 17.6 Å². The fourth-order valence-corrected chi connectivity index (χ4v) is 2.71. The summed E-state index contributed by atoms with van der Waals surface area (Å²) in [7, 11) is 1.70. The van der Waals surface area contributed by atoms with Crippen molar-refractivity contribution < 1.29 is 4.74 Å². The van der Waals surface area contributed by atoms with Crippen molar-refractivity contribution in [2.45, 2.75) is 26.9 Å². The number of ether oxygens (including phenoxy) is 1. The fraction of sp³-hybridized carbons (Fsp3) is 0.562. The Kier molecular flexibility index (Phi) is 5.59. The van der Waals surface area contributed by atoms with E-state index in [2.05, 4.69) is 35.4 Å². The van der Waals surface area contributed by atoms with Crippen LogP contribution in [0.1, 0.15) is 13.8 Å². The maximum Gasteiger partial charge on any atom is 0.203 e. The molecule has 5 heteroatoms. The van der Waals surface area contributed by atoms with Crippen molar-refractivity contribution in [2.24, 2.45) is 0 Å². The molecule has 0 radical (unpaired) electrons. The van der Waals surface area contributed by atoms with Gasteiger partial charge in [0.25, 0.3) is 0 Å². The maximum absolute atomic E-state index is 8.46. The number of likely N-dealkylation sites (N-methyl/N-ethyl adjacent to an activating group) is 1. The van der Waals surface area contributed by atoms with Gasteiger partial charge in [0, 0.05) is 26.7 Å². The summed E-state index contributed by atoms with van der Waals surface area (Å²) < 4.78 is 9.30. The van der Waals surface area contributed by atoms with E-state index in [9.17, 15) is 0 Å². The Bertz CT molecular complexity index is 625. The predicted molar refractivity (Wildman–Crippen MR) is 85.4 cm³/mol. The van der Waals surface area contributed by atoms with E-state index in [1.807, 2.05) is 16.7 Å². The Morgan fingerprint density at radius 1 is 1.05 bits per heavy atom. The number of aromatic nitrogens is 2. The van der Waals surface area contributed by atoms with Crippen LogP contribution in [0.3, 0.4) is 0 Å². The van der Waals surface area contributed by atoms with Gasteiger partial charge in [-0.05, 0) is 25.2 Å². The molecule has 0 bridgehead atoms. The highest BCUT2D eigenvalue weighted by atomic mass is 16.5. The van der Waals surface area contributed by atoms with Crippen LogP contribution in [0.4, 0.5) is 0 Å². The number of hydrogen-bond acceptors (Lipinski definition) is 3. The van der Waals surface area contributed by atoms with Crippen molar-refractivity contribution in [3.63, 3.8) is 0 Å². The van der Waals surface area contributed by atoms with Gasteiger partial charge in [-0.3, -0.25) is 5.41 Å². The second kappa shape index (κ2) is 7.43. The molecule has 21 heavy (non-hydrogen) atoms. The van der Waals surface area contributed by atoms with Gasteiger partial charge in [-0.1, -0.05) is 26.0 Å². The van der Waals surface area contributed by atoms with E-state index in [4.69, 9.17) is 10.1 Å². The molecule has 1 aromatic heterocycles. The topological polar surface area (TPSA) is 46.2 Å². The van der Waals surface area contributed by atoms with Gasteiger partial charge in [0.2, 0.25) is 5.62 Å². The molecule has 0 unspecified atom stereocenters. The molecule has 1 aromatic carbocycles. The summed E-state index contributed by atoms with van der Waals surface area (Å²) >= 11 is 0. The number of fused-ring (bicyclic) bond motifs is 1. The largest absolute Gasteiger partial charge is 0.383 e. The van der Waals surface area contributed by atoms with Crippen molar-refractivity contribution in [2.75, 3.05) is 33.4 Å². The minimum atomic E-state index is 0.556. The molecule has 5 nitrogen and oxygen atoms in total. The van der Waals surface area contributed by atoms with Crippen LogP contribution in [0.25, 0.3) is 11.0 Å². The van der Waals surface area contributed by atoms with Crippen LogP contribution in [-0.2, 0) is 17.8 Å². The highest BCUT2D eigenvalue weighted by Crippen LogP contribution is 2.12. The van der Waals surface area contributed by atoms with Crippen molar-refractivity contribution >= 4 is 11.0 Å². The third-order valence-electron chi connectivity index (χ3n) is 4.03. The molecule has 0 saturated carbocycles. The van der Waals surface area contributed by atoms with Gasteiger partial charge in [0.15, 0.2) is 0 Å². The average molecular weight is 290 g/mol. The molecule has 0 saturated heterocycles. The Hall–Kier alpha value is -1.59. The van der Waals surface area contributed by atoms with E-state index in [0.29, 0.717) is 18.8 Å². The van der Waals surface area contributed by atoms with E-state index in [1.165, 1.54) is 0 Å². The zero-order valence-electron chi connectivity index (χ0n) is 13.3. The molecular weight excluding hydrogens is 264 g/mol. The lowest BCUT2D eigenvalue weighted by Crippen LogP contribution is -2.32. The van der Waals surface area contributed by atoms with Crippen LogP contribution in [0, 0.1) is 5.41 Å². The molecule has 0 spiro atoms. The van der Waals surface area contributed by atoms with Crippen LogP contribution < -0.4 is 5.62 Å². The molecule has 116 valence electrons. The van der Waals surface area contributed by atoms with Crippen LogP contribution in [0.15, 0.2) is 24.3 Å². The van der Waals surface area contributed by atoms with Crippen LogP contribution in [0.5, 0.6) is 0 Å². The molecular formula is C16H26N4O. The van der Waals surface area contributed by atoms with E-state index >= 15 is 0 Å². The van der Waals surface area contributed by atoms with E-state index in [1.54, 1.807) is 7.11 Å². The van der Waals surface area contributed by atoms with E-state index in [-0.39, 0.29) is 0 Å². The van der Waals surface area contributed by atoms with Gasteiger partial charge < -0.3 is 18.8 Å². The van der Waals surface area contributed by atoms with Gasteiger partial charge in [-0.15, -0.1) is 0 Å². The Labute approximate surface area is 126 Å². The number of nitrogens with one attached hydrogen (secondary N) is 1. The first-order chi connectivity index (χ1) is 10.2. The van der Waals surface area contributed by atoms with Crippen LogP contribution in [0.2, 0.25) is 0 Å². The summed E-state index contributed by atoms with van der Waals surface area (Å²) in [5.74, 6) is 0. The number of hydrogen-bond donors (Lipinski definition) is 1. The van der Waals surface area contributed by atoms with Gasteiger partial charge in [-0.2, -0.15) is 0 Å². The molecule has 2 aromatic rings. The average Bonchev–Trinajstić information content (AvgIpc) is 2.78. The minimum Gasteiger partial charge on any atom is -0.383 e. The molecule has 0 atom stereocenters. The van der Waals surface area contributed by atoms with Gasteiger partial charge >= 0.3 is 0 Å². The lowest BCUT2D eigenvalue weighted by Gasteiger charge is -2.18. The number of para-hydroxylation sites is 2. The van der Waals surface area contributed by atoms with Crippen molar-refractivity contribution in [3.8, 4) is 0 Å². The number of benzene rings is 1. The Morgan fingerprint density at radius 2 is 1.62 bits per heavy atom. The highest BCUT2D eigenvalue weighted by Gasteiger charge is 2.10. The first kappa shape index (κ1) is 15.8. The lowest BCUT2D eigenvalue weighted by molar-refractivity contribution is 0.186. The molecule has 1 N–H and O–H groups in total. The van der Waals surface area contributed by atoms with Gasteiger partial charge in [-0.25, -0.2) is 0 Å². The quantitative estimate of drug-likeness (QED) is 0.807. The Morgan fingerprint density at radius 3 is 2.14 bits per heavy atom. The molecule has 0 fully saturated rings. The second-order valence-corrected chi connectivity index (χ2v) is 5.14. The highest BCUT2D eigenvalue weighted by molar-refractivity contribution is 5.75. The monoisotopic (exact) mass is 290 g/mol. The maximum atomic E-state index is 8.46. The van der Waals surface area contributed by atoms with Crippen molar-refractivity contribution in [1.82, 2.24) is 14.0 Å². The third kappa shape index (κ3) is 3.36. The van der Waals surface area contributed by atoms with Gasteiger partial charge in [0.1, 0.15) is 0 Å². The second-order valence-electron chi connectivity index (χ2n) is 5.14. The summed E-state index contributed by atoms with van der Waals surface area (Å²) in [6.45, 7) is 9.62. The standard InChI is InChI=1S/C16H26N4O/c1-4-18(5-2)10-11-19-14-8-6-7-9-15(14)20(16(19)17)12-13-21-3/h6-9,17H,4-5,10-13H2,1-3H3. The van der Waals surface area contributed by atoms with E-state index in [0.717, 1.165) is 37.2 Å². The third-order valence-corrected chi connectivity index (χ3v) is 4.03. The zero-order valence-corrected chi connectivity index (χ0v) is 13.3. The SMILES string of the molecule is CCN(CC)CCn1c(=N)n(CCOC)c2ccccc21. The first-order valence-corrected chi connectivity index (χ1v) is 7.66. The predicted octanol–water partition coefficient (Wildman–Crippen LogP) is 1.91. The zero-order chi connectivity index (χ0) is 15.2. The molecule has 2 rings (SSSR count). The van der Waals surface area contributed by atoms with Crippen LogP contribution in [-0.4, -0.2) is 47.4 Å². The summed E-state index contributed by atoms with van der Waals surface area (Å²) in [6.07, 6.45) is 0. The molecule has 0 amide bonds. The van der Waals surface area contributed by atoms with Crippen molar-refractivity contribution in [1.29, 1.82) is 5.41 Å². The first-order valence-electron chi connectivity index (χ1n) is 7.66. The summed E-state index contributed by atoms with van der Waals surface area (Å²) in [5.41, 5.74) is 2.80. The summed E-state index contributed by atoms with van der Waals surface area (Å²) in [6, 6.07) is 8.24. The number of methoxy groups -OCH3 is 1. The normalized spacial score (nSPS) is 11.6. The number of rotatable bonds is 8. The summed E-state index contributed by atoms with van der Waals surface area (Å²) in [4.78, 5) is 2.38. The minimum absolute atomic E-state index is 0.556. The number of nitrogens with zero attached hydrogens (tertiary/aromatic N) is 3. The van der Waals surface area contributed by atoms with Crippen LogP contribution >= 0.6 is 0 Å². The molecule has 1 heterocycles. The smallest absolute Gasteiger partial charge is 0.203 e.